The molecular weight excluding hydrogens is 553 g/mol. The molecule has 214 valence electrons. The van der Waals surface area contributed by atoms with Gasteiger partial charge in [-0.25, -0.2) is 0 Å². The van der Waals surface area contributed by atoms with Gasteiger partial charge in [0.25, 0.3) is 0 Å². The lowest BCUT2D eigenvalue weighted by molar-refractivity contribution is 1.60. The molecule has 0 fully saturated rings. The third kappa shape index (κ3) is 4.30. The highest BCUT2D eigenvalue weighted by atomic mass is 14.2. The maximum atomic E-state index is 2.37. The van der Waals surface area contributed by atoms with Gasteiger partial charge in [0.15, 0.2) is 0 Å². The third-order valence-electron chi connectivity index (χ3n) is 9.44. The molecule has 9 rings (SSSR count). The van der Waals surface area contributed by atoms with E-state index in [1.165, 1.54) is 87.6 Å². The van der Waals surface area contributed by atoms with Gasteiger partial charge in [0.2, 0.25) is 0 Å². The van der Waals surface area contributed by atoms with Crippen molar-refractivity contribution in [2.45, 2.75) is 0 Å². The van der Waals surface area contributed by atoms with Gasteiger partial charge >= 0.3 is 0 Å². The summed E-state index contributed by atoms with van der Waals surface area (Å²) in [5.74, 6) is 0. The van der Waals surface area contributed by atoms with Crippen LogP contribution in [0.15, 0.2) is 182 Å². The molecule has 0 heteroatoms. The van der Waals surface area contributed by atoms with E-state index < -0.39 is 0 Å². The maximum absolute atomic E-state index is 2.37. The van der Waals surface area contributed by atoms with Crippen molar-refractivity contribution >= 4 is 43.1 Å². The molecule has 0 spiro atoms. The molecule has 0 nitrogen and oxygen atoms in total. The molecule has 0 aliphatic carbocycles. The zero-order valence-electron chi connectivity index (χ0n) is 25.3. The fourth-order valence-electron chi connectivity index (χ4n) is 7.34. The fraction of sp³-hybridized carbons (Fsp3) is 0. The molecule has 0 aliphatic rings. The molecule has 46 heavy (non-hydrogen) atoms. The first kappa shape index (κ1) is 26.4. The van der Waals surface area contributed by atoms with Crippen LogP contribution in [-0.4, -0.2) is 0 Å². The molecule has 0 N–H and O–H groups in total. The van der Waals surface area contributed by atoms with Crippen molar-refractivity contribution in [1.82, 2.24) is 0 Å². The van der Waals surface area contributed by atoms with E-state index in [0.717, 1.165) is 0 Å². The Kier molecular flexibility index (Phi) is 6.25. The highest BCUT2D eigenvalue weighted by Gasteiger charge is 2.19. The molecule has 0 unspecified atom stereocenters. The summed E-state index contributed by atoms with van der Waals surface area (Å²) >= 11 is 0. The summed E-state index contributed by atoms with van der Waals surface area (Å²) in [5, 5.41) is 10.2. The Morgan fingerprint density at radius 1 is 0.217 bits per heavy atom. The Morgan fingerprint density at radius 2 is 0.696 bits per heavy atom. The van der Waals surface area contributed by atoms with Crippen LogP contribution in [0, 0.1) is 0 Å². The molecule has 9 aromatic carbocycles. The minimum absolute atomic E-state index is 1.22. The largest absolute Gasteiger partial charge is 0.0622 e. The molecule has 9 aromatic rings. The van der Waals surface area contributed by atoms with Crippen molar-refractivity contribution in [1.29, 1.82) is 0 Å². The van der Waals surface area contributed by atoms with Gasteiger partial charge in [0.05, 0.1) is 0 Å². The van der Waals surface area contributed by atoms with Crippen molar-refractivity contribution in [3.63, 3.8) is 0 Å². The normalized spacial score (nSPS) is 11.5. The van der Waals surface area contributed by atoms with Gasteiger partial charge in [-0.15, -0.1) is 0 Å². The molecule has 0 bridgehead atoms. The number of rotatable bonds is 4. The molecule has 0 aromatic heterocycles. The van der Waals surface area contributed by atoms with E-state index in [1.807, 2.05) is 0 Å². The molecule has 0 saturated heterocycles. The summed E-state index contributed by atoms with van der Waals surface area (Å²) in [5.41, 5.74) is 9.97. The predicted molar refractivity (Wildman–Crippen MR) is 198 cm³/mol. The first-order valence-electron chi connectivity index (χ1n) is 15.9. The van der Waals surface area contributed by atoms with Gasteiger partial charge < -0.3 is 0 Å². The number of hydrogen-bond acceptors (Lipinski definition) is 0. The SMILES string of the molecule is c1ccc(-c2ccccc2-c2c3ccccc3c(-c3cccc(-c4ccc5ccc6ccccc6c5c4)c3)c3ccccc23)cc1. The van der Waals surface area contributed by atoms with Crippen molar-refractivity contribution in [3.05, 3.63) is 182 Å². The van der Waals surface area contributed by atoms with Crippen LogP contribution < -0.4 is 0 Å². The smallest absolute Gasteiger partial charge is 0.00201 e. The Balaban J connectivity index is 1.29. The van der Waals surface area contributed by atoms with Crippen LogP contribution in [0.3, 0.4) is 0 Å². The average molecular weight is 583 g/mol. The zero-order valence-corrected chi connectivity index (χ0v) is 25.3. The van der Waals surface area contributed by atoms with Gasteiger partial charge in [-0.3, -0.25) is 0 Å². The first-order chi connectivity index (χ1) is 22.8. The Labute approximate surface area is 268 Å². The van der Waals surface area contributed by atoms with Gasteiger partial charge in [-0.05, 0) is 99.7 Å². The quantitative estimate of drug-likeness (QED) is 0.143. The predicted octanol–water partition coefficient (Wildman–Crippen LogP) is 13.0. The van der Waals surface area contributed by atoms with Crippen LogP contribution in [0.5, 0.6) is 0 Å². The lowest BCUT2D eigenvalue weighted by Gasteiger charge is -2.20. The minimum atomic E-state index is 1.22. The standard InChI is InChI=1S/C46H30/c1-2-13-31(14-3-1)37-18-6-7-20-39(37)46-42-23-10-8-21-40(42)45(41-22-9-11-24-43(41)46)36-17-12-16-34(29-36)35-28-27-33-26-25-32-15-4-5-19-38(32)44(33)30-35/h1-30H. The lowest BCUT2D eigenvalue weighted by Crippen LogP contribution is -1.93. The number of hydrogen-bond donors (Lipinski definition) is 0. The second-order valence-electron chi connectivity index (χ2n) is 12.1. The molecule has 0 atom stereocenters. The monoisotopic (exact) mass is 582 g/mol. The summed E-state index contributed by atoms with van der Waals surface area (Å²) in [6.45, 7) is 0. The second kappa shape index (κ2) is 10.9. The van der Waals surface area contributed by atoms with Crippen LogP contribution in [0.1, 0.15) is 0 Å². The first-order valence-corrected chi connectivity index (χ1v) is 15.9. The zero-order chi connectivity index (χ0) is 30.5. The summed E-state index contributed by atoms with van der Waals surface area (Å²) < 4.78 is 0. The molecular formula is C46H30. The fourth-order valence-corrected chi connectivity index (χ4v) is 7.34. The third-order valence-corrected chi connectivity index (χ3v) is 9.44. The molecule has 0 heterocycles. The Bertz CT molecular complexity index is 2520. The van der Waals surface area contributed by atoms with E-state index in [4.69, 9.17) is 0 Å². The topological polar surface area (TPSA) is 0 Å². The van der Waals surface area contributed by atoms with Crippen LogP contribution in [0.2, 0.25) is 0 Å². The van der Waals surface area contributed by atoms with E-state index in [-0.39, 0.29) is 0 Å². The summed E-state index contributed by atoms with van der Waals surface area (Å²) in [7, 11) is 0. The van der Waals surface area contributed by atoms with E-state index >= 15 is 0 Å². The minimum Gasteiger partial charge on any atom is -0.0622 e. The molecule has 0 saturated carbocycles. The second-order valence-corrected chi connectivity index (χ2v) is 12.1. The highest BCUT2D eigenvalue weighted by Crippen LogP contribution is 2.46. The summed E-state index contributed by atoms with van der Waals surface area (Å²) in [6.07, 6.45) is 0. The molecule has 0 amide bonds. The molecule has 0 aliphatic heterocycles. The van der Waals surface area contributed by atoms with E-state index in [2.05, 4.69) is 182 Å². The lowest BCUT2D eigenvalue weighted by atomic mass is 9.83. The van der Waals surface area contributed by atoms with Gasteiger partial charge in [-0.1, -0.05) is 170 Å². The van der Waals surface area contributed by atoms with E-state index in [0.29, 0.717) is 0 Å². The van der Waals surface area contributed by atoms with Gasteiger partial charge in [0, 0.05) is 0 Å². The summed E-state index contributed by atoms with van der Waals surface area (Å²) in [4.78, 5) is 0. The van der Waals surface area contributed by atoms with Crippen LogP contribution >= 0.6 is 0 Å². The van der Waals surface area contributed by atoms with Crippen LogP contribution in [0.25, 0.3) is 87.6 Å². The van der Waals surface area contributed by atoms with Gasteiger partial charge in [0.1, 0.15) is 0 Å². The van der Waals surface area contributed by atoms with E-state index in [1.54, 1.807) is 0 Å². The van der Waals surface area contributed by atoms with Crippen LogP contribution in [-0.2, 0) is 0 Å². The highest BCUT2D eigenvalue weighted by molar-refractivity contribution is 6.22. The van der Waals surface area contributed by atoms with E-state index in [9.17, 15) is 0 Å². The van der Waals surface area contributed by atoms with Crippen molar-refractivity contribution in [3.8, 4) is 44.5 Å². The number of fused-ring (bicyclic) bond motifs is 5. The summed E-state index contributed by atoms with van der Waals surface area (Å²) in [6, 6.07) is 66.5. The Hall–Kier alpha value is -5.98. The van der Waals surface area contributed by atoms with Crippen LogP contribution in [0.4, 0.5) is 0 Å². The van der Waals surface area contributed by atoms with Gasteiger partial charge in [-0.2, -0.15) is 0 Å². The molecule has 0 radical (unpaired) electrons. The maximum Gasteiger partial charge on any atom is -0.00201 e. The van der Waals surface area contributed by atoms with Crippen molar-refractivity contribution in [2.24, 2.45) is 0 Å². The van der Waals surface area contributed by atoms with Crippen molar-refractivity contribution < 1.29 is 0 Å². The van der Waals surface area contributed by atoms with Crippen molar-refractivity contribution in [2.75, 3.05) is 0 Å². The number of benzene rings is 9. The Morgan fingerprint density at radius 3 is 1.41 bits per heavy atom. The average Bonchev–Trinajstić information content (AvgIpc) is 3.14.